The summed E-state index contributed by atoms with van der Waals surface area (Å²) in [5.74, 6) is -0.823. The Kier molecular flexibility index (Phi) is 6.84. The highest BCUT2D eigenvalue weighted by molar-refractivity contribution is 7.89. The van der Waals surface area contributed by atoms with Gasteiger partial charge in [-0.1, -0.05) is 24.3 Å². The number of rotatable bonds is 6. The smallest absolute Gasteiger partial charge is 0.321 e. The van der Waals surface area contributed by atoms with Gasteiger partial charge >= 0.3 is 6.03 Å². The van der Waals surface area contributed by atoms with E-state index >= 15 is 0 Å². The summed E-state index contributed by atoms with van der Waals surface area (Å²) in [7, 11) is -1.88. The summed E-state index contributed by atoms with van der Waals surface area (Å²) in [6.45, 7) is 0.557. The number of piperidine rings is 1. The van der Waals surface area contributed by atoms with Crippen LogP contribution in [-0.4, -0.2) is 61.9 Å². The molecule has 0 unspecified atom stereocenters. The molecule has 1 heterocycles. The number of hydrogen-bond acceptors (Lipinski definition) is 4. The zero-order valence-electron chi connectivity index (χ0n) is 16.6. The number of hydrogen-bond donors (Lipinski definition) is 1. The first kappa shape index (κ1) is 21.9. The van der Waals surface area contributed by atoms with E-state index in [9.17, 15) is 22.4 Å². The molecular weight excluding hydrogens is 409 g/mol. The monoisotopic (exact) mass is 433 g/mol. The van der Waals surface area contributed by atoms with Crippen LogP contribution in [0.1, 0.15) is 12.8 Å². The van der Waals surface area contributed by atoms with Crippen molar-refractivity contribution in [2.45, 2.75) is 18.9 Å². The summed E-state index contributed by atoms with van der Waals surface area (Å²) in [5, 5.41) is 2.83. The van der Waals surface area contributed by atoms with Crippen LogP contribution in [0, 0.1) is 5.82 Å². The van der Waals surface area contributed by atoms with Gasteiger partial charge in [-0.2, -0.15) is 0 Å². The van der Waals surface area contributed by atoms with Crippen molar-refractivity contribution in [2.24, 2.45) is 0 Å². The molecular formula is C21H24FN3O4S. The highest BCUT2D eigenvalue weighted by Gasteiger charge is 2.30. The SMILES string of the molecule is CN(C(=O)Nc1ccc(-c2cccc(F)c2)cc1)C1CCN(S(=O)(=O)CC=O)CC1. The van der Waals surface area contributed by atoms with Gasteiger partial charge in [-0.25, -0.2) is 21.9 Å². The molecule has 1 N–H and O–H groups in total. The number of nitrogens with one attached hydrogen (secondary N) is 1. The number of anilines is 1. The summed E-state index contributed by atoms with van der Waals surface area (Å²) in [6.07, 6.45) is 1.39. The van der Waals surface area contributed by atoms with E-state index in [-0.39, 0.29) is 31.0 Å². The Morgan fingerprint density at radius 2 is 1.83 bits per heavy atom. The molecule has 0 spiro atoms. The predicted molar refractivity (Wildman–Crippen MR) is 113 cm³/mol. The topological polar surface area (TPSA) is 86.8 Å². The van der Waals surface area contributed by atoms with E-state index in [1.165, 1.54) is 16.4 Å². The molecule has 30 heavy (non-hydrogen) atoms. The normalized spacial score (nSPS) is 15.5. The van der Waals surface area contributed by atoms with Crippen LogP contribution in [0.15, 0.2) is 48.5 Å². The summed E-state index contributed by atoms with van der Waals surface area (Å²) >= 11 is 0. The van der Waals surface area contributed by atoms with Crippen LogP contribution in [-0.2, 0) is 14.8 Å². The van der Waals surface area contributed by atoms with Crippen molar-refractivity contribution in [1.82, 2.24) is 9.21 Å². The molecule has 0 bridgehead atoms. The molecule has 1 saturated heterocycles. The fourth-order valence-electron chi connectivity index (χ4n) is 3.49. The van der Waals surface area contributed by atoms with Gasteiger partial charge in [0.15, 0.2) is 0 Å². The van der Waals surface area contributed by atoms with Gasteiger partial charge in [0.05, 0.1) is 0 Å². The van der Waals surface area contributed by atoms with Crippen molar-refractivity contribution in [3.8, 4) is 11.1 Å². The summed E-state index contributed by atoms with van der Waals surface area (Å²) in [5.41, 5.74) is 2.20. The average molecular weight is 434 g/mol. The molecule has 9 heteroatoms. The number of urea groups is 1. The molecule has 1 aliphatic heterocycles. The summed E-state index contributed by atoms with van der Waals surface area (Å²) < 4.78 is 38.6. The van der Waals surface area contributed by atoms with Crippen molar-refractivity contribution in [3.05, 3.63) is 54.3 Å². The number of carbonyl (C=O) groups excluding carboxylic acids is 2. The van der Waals surface area contributed by atoms with Crippen LogP contribution in [0.2, 0.25) is 0 Å². The third-order valence-corrected chi connectivity index (χ3v) is 6.97. The van der Waals surface area contributed by atoms with Crippen molar-refractivity contribution in [3.63, 3.8) is 0 Å². The zero-order valence-corrected chi connectivity index (χ0v) is 17.4. The van der Waals surface area contributed by atoms with Crippen molar-refractivity contribution >= 4 is 28.0 Å². The van der Waals surface area contributed by atoms with Crippen LogP contribution in [0.4, 0.5) is 14.9 Å². The third-order valence-electron chi connectivity index (χ3n) is 5.26. The van der Waals surface area contributed by atoms with E-state index < -0.39 is 15.8 Å². The highest BCUT2D eigenvalue weighted by atomic mass is 32.2. The number of carbonyl (C=O) groups is 2. The Labute approximate surface area is 175 Å². The molecule has 3 rings (SSSR count). The maximum absolute atomic E-state index is 13.4. The number of benzene rings is 2. The quantitative estimate of drug-likeness (QED) is 0.710. The first-order valence-electron chi connectivity index (χ1n) is 9.61. The lowest BCUT2D eigenvalue weighted by molar-refractivity contribution is -0.105. The van der Waals surface area contributed by atoms with E-state index in [2.05, 4.69) is 5.32 Å². The van der Waals surface area contributed by atoms with Gasteiger partial charge in [0.2, 0.25) is 10.0 Å². The summed E-state index contributed by atoms with van der Waals surface area (Å²) in [4.78, 5) is 24.7. The second kappa shape index (κ2) is 9.36. The van der Waals surface area contributed by atoms with Gasteiger partial charge in [0.25, 0.3) is 0 Å². The van der Waals surface area contributed by atoms with Crippen LogP contribution < -0.4 is 5.32 Å². The van der Waals surface area contributed by atoms with Gasteiger partial charge in [-0.05, 0) is 48.2 Å². The van der Waals surface area contributed by atoms with Crippen LogP contribution >= 0.6 is 0 Å². The number of nitrogens with zero attached hydrogens (tertiary/aromatic N) is 2. The molecule has 2 aromatic rings. The van der Waals surface area contributed by atoms with Crippen molar-refractivity contribution in [2.75, 3.05) is 31.2 Å². The van der Waals surface area contributed by atoms with E-state index in [0.29, 0.717) is 24.8 Å². The van der Waals surface area contributed by atoms with E-state index in [1.54, 1.807) is 42.3 Å². The molecule has 7 nitrogen and oxygen atoms in total. The Hall–Kier alpha value is -2.78. The first-order valence-corrected chi connectivity index (χ1v) is 11.2. The lowest BCUT2D eigenvalue weighted by atomic mass is 10.1. The standard InChI is InChI=1S/C21H24FN3O4S/c1-24(20-9-11-25(12-10-20)30(28,29)14-13-26)21(27)23-19-7-5-16(6-8-19)17-3-2-4-18(22)15-17/h2-8,13,15,20H,9-12,14H2,1H3,(H,23,27). The van der Waals surface area contributed by atoms with Gasteiger partial charge in [0.1, 0.15) is 17.9 Å². The Morgan fingerprint density at radius 3 is 2.43 bits per heavy atom. The van der Waals surface area contributed by atoms with Gasteiger partial charge < -0.3 is 15.0 Å². The maximum atomic E-state index is 13.4. The first-order chi connectivity index (χ1) is 14.3. The minimum Gasteiger partial charge on any atom is -0.325 e. The second-order valence-electron chi connectivity index (χ2n) is 7.20. The third kappa shape index (κ3) is 5.22. The minimum absolute atomic E-state index is 0.0979. The second-order valence-corrected chi connectivity index (χ2v) is 9.22. The Bertz CT molecular complexity index is 1000. The number of halogens is 1. The molecule has 0 aromatic heterocycles. The van der Waals surface area contributed by atoms with E-state index in [1.807, 2.05) is 6.07 Å². The molecule has 0 radical (unpaired) electrons. The molecule has 0 aliphatic carbocycles. The minimum atomic E-state index is -3.56. The van der Waals surface area contributed by atoms with Crippen molar-refractivity contribution in [1.29, 1.82) is 0 Å². The Morgan fingerprint density at radius 1 is 1.17 bits per heavy atom. The zero-order chi connectivity index (χ0) is 21.7. The van der Waals surface area contributed by atoms with Gasteiger partial charge in [0, 0.05) is 31.9 Å². The fraction of sp³-hybridized carbons (Fsp3) is 0.333. The molecule has 2 aromatic carbocycles. The van der Waals surface area contributed by atoms with Crippen molar-refractivity contribution < 1.29 is 22.4 Å². The van der Waals surface area contributed by atoms with E-state index in [0.717, 1.165) is 11.1 Å². The molecule has 1 aliphatic rings. The molecule has 1 fully saturated rings. The van der Waals surface area contributed by atoms with Crippen LogP contribution in [0.3, 0.4) is 0 Å². The van der Waals surface area contributed by atoms with Crippen LogP contribution in [0.25, 0.3) is 11.1 Å². The van der Waals surface area contributed by atoms with Gasteiger partial charge in [-0.3, -0.25) is 0 Å². The van der Waals surface area contributed by atoms with Crippen LogP contribution in [0.5, 0.6) is 0 Å². The predicted octanol–water partition coefficient (Wildman–Crippen LogP) is 2.95. The molecule has 0 saturated carbocycles. The largest absolute Gasteiger partial charge is 0.325 e. The lowest BCUT2D eigenvalue weighted by Gasteiger charge is -2.35. The number of amides is 2. The fourth-order valence-corrected chi connectivity index (χ4v) is 4.64. The summed E-state index contributed by atoms with van der Waals surface area (Å²) in [6, 6.07) is 13.0. The highest BCUT2D eigenvalue weighted by Crippen LogP contribution is 2.23. The molecule has 2 amide bonds. The molecule has 160 valence electrons. The maximum Gasteiger partial charge on any atom is 0.321 e. The van der Waals surface area contributed by atoms with E-state index in [4.69, 9.17) is 0 Å². The van der Waals surface area contributed by atoms with Gasteiger partial charge in [-0.15, -0.1) is 0 Å². The lowest BCUT2D eigenvalue weighted by Crippen LogP contribution is -2.48. The number of sulfonamides is 1. The Balaban J connectivity index is 1.56. The molecule has 0 atom stereocenters. The average Bonchev–Trinajstić information content (AvgIpc) is 2.74. The number of aldehydes is 1.